The highest BCUT2D eigenvalue weighted by atomic mass is 127. The molecule has 4 nitrogen and oxygen atoms in total. The Kier molecular flexibility index (Phi) is 6.99. The van der Waals surface area contributed by atoms with Crippen LogP contribution in [0.4, 0.5) is 5.82 Å². The SMILES string of the molecule is CCCc1nc(C(OC)C(C)C)nc(NCC)c1I. The fraction of sp³-hybridized carbons (Fsp3) is 0.714. The molecular formula is C14H24IN3O. The zero-order chi connectivity index (χ0) is 14.4. The number of nitrogens with zero attached hydrogens (tertiary/aromatic N) is 2. The van der Waals surface area contributed by atoms with Gasteiger partial charge in [-0.15, -0.1) is 0 Å². The summed E-state index contributed by atoms with van der Waals surface area (Å²) in [5.41, 5.74) is 1.12. The van der Waals surface area contributed by atoms with E-state index in [-0.39, 0.29) is 6.10 Å². The molecule has 0 aliphatic rings. The van der Waals surface area contributed by atoms with Crippen LogP contribution in [0, 0.1) is 9.49 Å². The van der Waals surface area contributed by atoms with Gasteiger partial charge in [-0.2, -0.15) is 0 Å². The molecule has 0 saturated heterocycles. The van der Waals surface area contributed by atoms with Crippen molar-refractivity contribution in [2.45, 2.75) is 46.6 Å². The summed E-state index contributed by atoms with van der Waals surface area (Å²) in [6.07, 6.45) is 2.00. The minimum Gasteiger partial charge on any atom is -0.373 e. The lowest BCUT2D eigenvalue weighted by molar-refractivity contribution is 0.0573. The summed E-state index contributed by atoms with van der Waals surface area (Å²) >= 11 is 2.33. The number of aromatic nitrogens is 2. The van der Waals surface area contributed by atoms with Crippen molar-refractivity contribution in [3.63, 3.8) is 0 Å². The van der Waals surface area contributed by atoms with E-state index in [9.17, 15) is 0 Å². The Balaban J connectivity index is 3.23. The molecular weight excluding hydrogens is 353 g/mol. The quantitative estimate of drug-likeness (QED) is 0.735. The highest BCUT2D eigenvalue weighted by Gasteiger charge is 2.21. The van der Waals surface area contributed by atoms with Crippen LogP contribution in [0.5, 0.6) is 0 Å². The van der Waals surface area contributed by atoms with Gasteiger partial charge in [0.05, 0.1) is 9.26 Å². The van der Waals surface area contributed by atoms with E-state index in [0.717, 1.165) is 40.3 Å². The zero-order valence-electron chi connectivity index (χ0n) is 12.5. The van der Waals surface area contributed by atoms with Gasteiger partial charge >= 0.3 is 0 Å². The van der Waals surface area contributed by atoms with Crippen LogP contribution in [-0.4, -0.2) is 23.6 Å². The molecule has 1 aromatic rings. The van der Waals surface area contributed by atoms with Crippen LogP contribution in [0.1, 0.15) is 51.7 Å². The number of aryl methyl sites for hydroxylation is 1. The van der Waals surface area contributed by atoms with Gasteiger partial charge in [0.15, 0.2) is 5.82 Å². The summed E-state index contributed by atoms with van der Waals surface area (Å²) in [4.78, 5) is 9.36. The van der Waals surface area contributed by atoms with Gasteiger partial charge in [0.1, 0.15) is 11.9 Å². The fourth-order valence-electron chi connectivity index (χ4n) is 2.00. The molecule has 1 rings (SSSR count). The van der Waals surface area contributed by atoms with Gasteiger partial charge in [-0.05, 0) is 41.9 Å². The molecule has 0 bridgehead atoms. The van der Waals surface area contributed by atoms with Crippen molar-refractivity contribution in [3.05, 3.63) is 15.1 Å². The summed E-state index contributed by atoms with van der Waals surface area (Å²) in [7, 11) is 1.72. The van der Waals surface area contributed by atoms with Crippen molar-refractivity contribution in [2.75, 3.05) is 19.0 Å². The minimum atomic E-state index is -0.0509. The maximum atomic E-state index is 5.55. The third-order valence-corrected chi connectivity index (χ3v) is 4.02. The molecule has 108 valence electrons. The second kappa shape index (κ2) is 7.99. The predicted molar refractivity (Wildman–Crippen MR) is 87.5 cm³/mol. The molecule has 0 aliphatic heterocycles. The number of anilines is 1. The van der Waals surface area contributed by atoms with Gasteiger partial charge in [-0.25, -0.2) is 9.97 Å². The smallest absolute Gasteiger partial charge is 0.160 e. The maximum Gasteiger partial charge on any atom is 0.160 e. The Morgan fingerprint density at radius 1 is 1.26 bits per heavy atom. The van der Waals surface area contributed by atoms with E-state index in [2.05, 4.69) is 60.6 Å². The third-order valence-electron chi connectivity index (χ3n) is 2.88. The van der Waals surface area contributed by atoms with Crippen molar-refractivity contribution in [2.24, 2.45) is 5.92 Å². The number of nitrogens with one attached hydrogen (secondary N) is 1. The molecule has 0 aliphatic carbocycles. The Hall–Kier alpha value is -0.430. The van der Waals surface area contributed by atoms with E-state index in [1.165, 1.54) is 0 Å². The van der Waals surface area contributed by atoms with E-state index < -0.39 is 0 Å². The van der Waals surface area contributed by atoms with Gasteiger partial charge in [0.25, 0.3) is 0 Å². The zero-order valence-corrected chi connectivity index (χ0v) is 14.6. The van der Waals surface area contributed by atoms with Crippen molar-refractivity contribution in [1.82, 2.24) is 9.97 Å². The number of rotatable bonds is 7. The second-order valence-electron chi connectivity index (χ2n) is 4.87. The Bertz CT molecular complexity index is 383. The predicted octanol–water partition coefficient (Wildman–Crippen LogP) is 3.81. The number of hydrogen-bond donors (Lipinski definition) is 1. The topological polar surface area (TPSA) is 47.0 Å². The van der Waals surface area contributed by atoms with Gasteiger partial charge < -0.3 is 10.1 Å². The largest absolute Gasteiger partial charge is 0.373 e. The number of ether oxygens (including phenoxy) is 1. The number of hydrogen-bond acceptors (Lipinski definition) is 4. The molecule has 0 saturated carbocycles. The lowest BCUT2D eigenvalue weighted by Crippen LogP contribution is -2.17. The summed E-state index contributed by atoms with van der Waals surface area (Å²) in [6, 6.07) is 0. The van der Waals surface area contributed by atoms with Gasteiger partial charge in [-0.1, -0.05) is 27.2 Å². The molecule has 0 radical (unpaired) electrons. The van der Waals surface area contributed by atoms with Crippen molar-refractivity contribution < 1.29 is 4.74 Å². The van der Waals surface area contributed by atoms with Gasteiger partial charge in [0, 0.05) is 13.7 Å². The molecule has 1 N–H and O–H groups in total. The van der Waals surface area contributed by atoms with Crippen LogP contribution < -0.4 is 5.32 Å². The molecule has 1 heterocycles. The average Bonchev–Trinajstić information content (AvgIpc) is 2.35. The first-order chi connectivity index (χ1) is 9.04. The van der Waals surface area contributed by atoms with Crippen LogP contribution in [0.2, 0.25) is 0 Å². The lowest BCUT2D eigenvalue weighted by atomic mass is 10.1. The van der Waals surface area contributed by atoms with E-state index >= 15 is 0 Å². The first-order valence-electron chi connectivity index (χ1n) is 6.88. The van der Waals surface area contributed by atoms with Crippen LogP contribution in [-0.2, 0) is 11.2 Å². The lowest BCUT2D eigenvalue weighted by Gasteiger charge is -2.20. The molecule has 1 atom stereocenters. The summed E-state index contributed by atoms with van der Waals surface area (Å²) in [6.45, 7) is 9.36. The van der Waals surface area contributed by atoms with E-state index in [1.807, 2.05) is 0 Å². The van der Waals surface area contributed by atoms with E-state index in [1.54, 1.807) is 7.11 Å². The highest BCUT2D eigenvalue weighted by molar-refractivity contribution is 14.1. The average molecular weight is 377 g/mol. The van der Waals surface area contributed by atoms with Gasteiger partial charge in [0.2, 0.25) is 0 Å². The molecule has 0 spiro atoms. The molecule has 1 aromatic heterocycles. The van der Waals surface area contributed by atoms with E-state index in [4.69, 9.17) is 9.72 Å². The molecule has 5 heteroatoms. The second-order valence-corrected chi connectivity index (χ2v) is 5.95. The molecule has 19 heavy (non-hydrogen) atoms. The van der Waals surface area contributed by atoms with Crippen LogP contribution in [0.3, 0.4) is 0 Å². The first kappa shape index (κ1) is 16.6. The summed E-state index contributed by atoms with van der Waals surface area (Å²) in [5.74, 6) is 2.07. The third kappa shape index (κ3) is 4.27. The standard InChI is InChI=1S/C14H24IN3O/c1-6-8-10-11(15)13(16-7-2)18-14(17-10)12(19-5)9(3)4/h9,12H,6-8H2,1-5H3,(H,16,17,18). The summed E-state index contributed by atoms with van der Waals surface area (Å²) < 4.78 is 6.68. The Morgan fingerprint density at radius 3 is 2.42 bits per heavy atom. The van der Waals surface area contributed by atoms with Crippen molar-refractivity contribution >= 4 is 28.4 Å². The number of methoxy groups -OCH3 is 1. The maximum absolute atomic E-state index is 5.55. The van der Waals surface area contributed by atoms with Crippen molar-refractivity contribution in [1.29, 1.82) is 0 Å². The van der Waals surface area contributed by atoms with Crippen molar-refractivity contribution in [3.8, 4) is 0 Å². The molecule has 0 amide bonds. The van der Waals surface area contributed by atoms with Gasteiger partial charge in [-0.3, -0.25) is 0 Å². The molecule has 1 unspecified atom stereocenters. The minimum absolute atomic E-state index is 0.0509. The first-order valence-corrected chi connectivity index (χ1v) is 7.95. The molecule has 0 aromatic carbocycles. The van der Waals surface area contributed by atoms with Crippen LogP contribution in [0.15, 0.2) is 0 Å². The normalized spacial score (nSPS) is 12.8. The van der Waals surface area contributed by atoms with Crippen LogP contribution >= 0.6 is 22.6 Å². The Morgan fingerprint density at radius 2 is 1.95 bits per heavy atom. The Labute approximate surface area is 129 Å². The van der Waals surface area contributed by atoms with E-state index in [0.29, 0.717) is 5.92 Å². The monoisotopic (exact) mass is 377 g/mol. The summed E-state index contributed by atoms with van der Waals surface area (Å²) in [5, 5.41) is 3.32. The highest BCUT2D eigenvalue weighted by Crippen LogP contribution is 2.27. The number of halogens is 1. The fourth-order valence-corrected chi connectivity index (χ4v) is 2.70. The molecule has 0 fully saturated rings. The van der Waals surface area contributed by atoms with Crippen LogP contribution in [0.25, 0.3) is 0 Å².